The van der Waals surface area contributed by atoms with Gasteiger partial charge in [0.1, 0.15) is 0 Å². The maximum atomic E-state index is 10.0. The first-order valence-corrected chi connectivity index (χ1v) is 5.65. The van der Waals surface area contributed by atoms with Gasteiger partial charge >= 0.3 is 0 Å². The highest BCUT2D eigenvalue weighted by Crippen LogP contribution is 2.46. The molecule has 2 heterocycles. The Kier molecular flexibility index (Phi) is 1.58. The monoisotopic (exact) mass is 181 g/mol. The Morgan fingerprint density at radius 3 is 1.92 bits per heavy atom. The SMILES string of the molecule is CC1(O)C[C@H]2CC[C@H](C1)N2C1CC1. The van der Waals surface area contributed by atoms with Gasteiger partial charge in [-0.15, -0.1) is 0 Å². The van der Waals surface area contributed by atoms with Gasteiger partial charge in [-0.25, -0.2) is 0 Å². The molecule has 2 aliphatic heterocycles. The number of aliphatic hydroxyl groups is 1. The second-order valence-electron chi connectivity index (χ2n) is 5.47. The Balaban J connectivity index is 1.80. The summed E-state index contributed by atoms with van der Waals surface area (Å²) in [7, 11) is 0. The number of piperidine rings is 1. The van der Waals surface area contributed by atoms with E-state index in [9.17, 15) is 5.11 Å². The van der Waals surface area contributed by atoms with Crippen molar-refractivity contribution in [2.45, 2.75) is 69.2 Å². The van der Waals surface area contributed by atoms with Crippen LogP contribution in [-0.2, 0) is 0 Å². The van der Waals surface area contributed by atoms with E-state index in [-0.39, 0.29) is 5.60 Å². The van der Waals surface area contributed by atoms with Crippen molar-refractivity contribution in [2.75, 3.05) is 0 Å². The van der Waals surface area contributed by atoms with Gasteiger partial charge in [-0.05, 0) is 45.4 Å². The molecule has 3 fully saturated rings. The van der Waals surface area contributed by atoms with Crippen molar-refractivity contribution in [3.05, 3.63) is 0 Å². The van der Waals surface area contributed by atoms with E-state index in [1.54, 1.807) is 0 Å². The van der Waals surface area contributed by atoms with Crippen molar-refractivity contribution in [3.63, 3.8) is 0 Å². The van der Waals surface area contributed by atoms with Crippen LogP contribution in [0.2, 0.25) is 0 Å². The summed E-state index contributed by atoms with van der Waals surface area (Å²) in [6.07, 6.45) is 7.51. The van der Waals surface area contributed by atoms with Gasteiger partial charge in [-0.3, -0.25) is 4.90 Å². The van der Waals surface area contributed by atoms with Crippen LogP contribution >= 0.6 is 0 Å². The quantitative estimate of drug-likeness (QED) is 0.663. The first kappa shape index (κ1) is 8.25. The summed E-state index contributed by atoms with van der Waals surface area (Å²) in [5, 5.41) is 10.0. The summed E-state index contributed by atoms with van der Waals surface area (Å²) >= 11 is 0. The molecule has 3 aliphatic rings. The van der Waals surface area contributed by atoms with Gasteiger partial charge in [0.2, 0.25) is 0 Å². The van der Waals surface area contributed by atoms with Crippen LogP contribution in [0.5, 0.6) is 0 Å². The molecule has 1 saturated carbocycles. The molecule has 2 heteroatoms. The summed E-state index contributed by atoms with van der Waals surface area (Å²) < 4.78 is 0. The molecule has 0 spiro atoms. The maximum absolute atomic E-state index is 10.0. The van der Waals surface area contributed by atoms with Crippen molar-refractivity contribution in [1.82, 2.24) is 4.90 Å². The zero-order valence-electron chi connectivity index (χ0n) is 8.37. The fraction of sp³-hybridized carbons (Fsp3) is 1.00. The number of hydrogen-bond acceptors (Lipinski definition) is 2. The van der Waals surface area contributed by atoms with Gasteiger partial charge in [-0.2, -0.15) is 0 Å². The molecule has 0 unspecified atom stereocenters. The zero-order chi connectivity index (χ0) is 9.05. The van der Waals surface area contributed by atoms with Gasteiger partial charge < -0.3 is 5.11 Å². The summed E-state index contributed by atoms with van der Waals surface area (Å²) in [5.74, 6) is 0. The van der Waals surface area contributed by atoms with Crippen molar-refractivity contribution in [2.24, 2.45) is 0 Å². The molecule has 2 atom stereocenters. The van der Waals surface area contributed by atoms with Crippen LogP contribution < -0.4 is 0 Å². The van der Waals surface area contributed by atoms with Crippen LogP contribution in [0.3, 0.4) is 0 Å². The first-order chi connectivity index (χ1) is 6.16. The van der Waals surface area contributed by atoms with E-state index in [0.29, 0.717) is 12.1 Å². The Bertz CT molecular complexity index is 206. The molecular formula is C11H19NO. The largest absolute Gasteiger partial charge is 0.390 e. The third kappa shape index (κ3) is 1.31. The van der Waals surface area contributed by atoms with Gasteiger partial charge in [-0.1, -0.05) is 0 Å². The lowest BCUT2D eigenvalue weighted by Gasteiger charge is -2.42. The fourth-order valence-electron chi connectivity index (χ4n) is 3.46. The Morgan fingerprint density at radius 1 is 1.00 bits per heavy atom. The Hall–Kier alpha value is -0.0800. The van der Waals surface area contributed by atoms with Crippen molar-refractivity contribution in [1.29, 1.82) is 0 Å². The highest BCUT2D eigenvalue weighted by atomic mass is 16.3. The van der Waals surface area contributed by atoms with Crippen molar-refractivity contribution in [3.8, 4) is 0 Å². The molecule has 2 saturated heterocycles. The van der Waals surface area contributed by atoms with Crippen LogP contribution in [0, 0.1) is 0 Å². The van der Waals surface area contributed by atoms with E-state index < -0.39 is 0 Å². The molecule has 0 aromatic heterocycles. The minimum atomic E-state index is -0.364. The molecule has 3 rings (SSSR count). The molecular weight excluding hydrogens is 162 g/mol. The van der Waals surface area contributed by atoms with E-state index in [0.717, 1.165) is 18.9 Å². The smallest absolute Gasteiger partial charge is 0.0649 e. The first-order valence-electron chi connectivity index (χ1n) is 5.65. The molecule has 0 radical (unpaired) electrons. The number of rotatable bonds is 1. The van der Waals surface area contributed by atoms with Gasteiger partial charge in [0.15, 0.2) is 0 Å². The summed E-state index contributed by atoms with van der Waals surface area (Å²) in [4.78, 5) is 2.72. The Labute approximate surface area is 79.9 Å². The average molecular weight is 181 g/mol. The predicted octanol–water partition coefficient (Wildman–Crippen LogP) is 1.53. The van der Waals surface area contributed by atoms with E-state index in [2.05, 4.69) is 4.90 Å². The second-order valence-corrected chi connectivity index (χ2v) is 5.47. The zero-order valence-corrected chi connectivity index (χ0v) is 8.37. The standard InChI is InChI=1S/C11H19NO/c1-11(13)6-9-4-5-10(7-11)12(9)8-2-3-8/h8-10,13H,2-7H2,1H3/t9-,10-/m1/s1. The van der Waals surface area contributed by atoms with Crippen LogP contribution in [0.4, 0.5) is 0 Å². The average Bonchev–Trinajstić information content (AvgIpc) is 2.79. The molecule has 0 aromatic carbocycles. The van der Waals surface area contributed by atoms with Crippen LogP contribution in [0.15, 0.2) is 0 Å². The van der Waals surface area contributed by atoms with E-state index in [4.69, 9.17) is 0 Å². The minimum absolute atomic E-state index is 0.364. The molecule has 1 N–H and O–H groups in total. The molecule has 13 heavy (non-hydrogen) atoms. The van der Waals surface area contributed by atoms with Crippen LogP contribution in [0.1, 0.15) is 45.4 Å². The molecule has 2 nitrogen and oxygen atoms in total. The summed E-state index contributed by atoms with van der Waals surface area (Å²) in [5.41, 5.74) is -0.364. The number of fused-ring (bicyclic) bond motifs is 2. The summed E-state index contributed by atoms with van der Waals surface area (Å²) in [6, 6.07) is 2.32. The van der Waals surface area contributed by atoms with Crippen molar-refractivity contribution >= 4 is 0 Å². The highest BCUT2D eigenvalue weighted by molar-refractivity contribution is 5.05. The van der Waals surface area contributed by atoms with E-state index in [1.807, 2.05) is 6.92 Å². The molecule has 74 valence electrons. The fourth-order valence-corrected chi connectivity index (χ4v) is 3.46. The lowest BCUT2D eigenvalue weighted by Crippen LogP contribution is -2.50. The van der Waals surface area contributed by atoms with Gasteiger partial charge in [0, 0.05) is 18.1 Å². The molecule has 0 aromatic rings. The lowest BCUT2D eigenvalue weighted by atomic mass is 9.88. The third-order valence-electron chi connectivity index (χ3n) is 4.00. The minimum Gasteiger partial charge on any atom is -0.390 e. The normalized spacial score (nSPS) is 51.2. The third-order valence-corrected chi connectivity index (χ3v) is 4.00. The van der Waals surface area contributed by atoms with Gasteiger partial charge in [0.05, 0.1) is 5.60 Å². The molecule has 2 bridgehead atoms. The molecule has 1 aliphatic carbocycles. The Morgan fingerprint density at radius 2 is 1.46 bits per heavy atom. The highest BCUT2D eigenvalue weighted by Gasteiger charge is 2.49. The number of nitrogens with zero attached hydrogens (tertiary/aromatic N) is 1. The number of hydrogen-bond donors (Lipinski definition) is 1. The van der Waals surface area contributed by atoms with Gasteiger partial charge in [0.25, 0.3) is 0 Å². The predicted molar refractivity (Wildman–Crippen MR) is 51.5 cm³/mol. The van der Waals surface area contributed by atoms with E-state index in [1.165, 1.54) is 25.7 Å². The lowest BCUT2D eigenvalue weighted by molar-refractivity contribution is -0.0411. The van der Waals surface area contributed by atoms with Crippen molar-refractivity contribution < 1.29 is 5.11 Å². The van der Waals surface area contributed by atoms with E-state index >= 15 is 0 Å². The second kappa shape index (κ2) is 2.48. The van der Waals surface area contributed by atoms with Crippen LogP contribution in [-0.4, -0.2) is 33.7 Å². The van der Waals surface area contributed by atoms with Crippen LogP contribution in [0.25, 0.3) is 0 Å². The topological polar surface area (TPSA) is 23.5 Å². The summed E-state index contributed by atoms with van der Waals surface area (Å²) in [6.45, 7) is 2.02. The molecule has 0 amide bonds. The maximum Gasteiger partial charge on any atom is 0.0649 e.